The average Bonchev–Trinajstić information content (AvgIpc) is 2.66. The van der Waals surface area contributed by atoms with E-state index < -0.39 is 5.97 Å². The summed E-state index contributed by atoms with van der Waals surface area (Å²) in [5.74, 6) is -0.201. The van der Waals surface area contributed by atoms with Gasteiger partial charge >= 0.3 is 5.97 Å². The first-order chi connectivity index (χ1) is 12.1. The Morgan fingerprint density at radius 1 is 1.04 bits per heavy atom. The maximum absolute atomic E-state index is 12.1. The Morgan fingerprint density at radius 3 is 2.32 bits per heavy atom. The smallest absolute Gasteiger partial charge is 0.338 e. The van der Waals surface area contributed by atoms with Gasteiger partial charge in [0, 0.05) is 0 Å². The minimum atomic E-state index is -0.537. The molecule has 1 atom stereocenters. The second-order valence-electron chi connectivity index (χ2n) is 5.62. The van der Waals surface area contributed by atoms with Gasteiger partial charge in [0.05, 0.1) is 18.7 Å². The molecule has 1 amide bonds. The van der Waals surface area contributed by atoms with Gasteiger partial charge in [-0.3, -0.25) is 4.79 Å². The Hall–Kier alpha value is -2.82. The van der Waals surface area contributed by atoms with Crippen molar-refractivity contribution in [3.63, 3.8) is 0 Å². The van der Waals surface area contributed by atoms with Crippen molar-refractivity contribution < 1.29 is 19.1 Å². The maximum atomic E-state index is 12.1. The van der Waals surface area contributed by atoms with Gasteiger partial charge in [0.1, 0.15) is 5.75 Å². The van der Waals surface area contributed by atoms with Crippen molar-refractivity contribution in [1.29, 1.82) is 0 Å². The molecular formula is C20H23NO4. The highest BCUT2D eigenvalue weighted by Gasteiger charge is 2.15. The van der Waals surface area contributed by atoms with E-state index in [1.165, 1.54) is 0 Å². The Balaban J connectivity index is 1.88. The van der Waals surface area contributed by atoms with Crippen LogP contribution < -0.4 is 10.1 Å². The van der Waals surface area contributed by atoms with Crippen LogP contribution in [0, 0.1) is 0 Å². The molecule has 0 aromatic heterocycles. The van der Waals surface area contributed by atoms with Crippen LogP contribution in [0.4, 0.5) is 0 Å². The van der Waals surface area contributed by atoms with Crippen molar-refractivity contribution in [3.8, 4) is 5.75 Å². The normalized spacial score (nSPS) is 11.4. The van der Waals surface area contributed by atoms with Crippen molar-refractivity contribution in [2.24, 2.45) is 0 Å². The largest absolute Gasteiger partial charge is 0.497 e. The summed E-state index contributed by atoms with van der Waals surface area (Å²) in [4.78, 5) is 24.1. The molecule has 2 aromatic rings. The molecule has 132 valence electrons. The Kier molecular flexibility index (Phi) is 7.01. The molecule has 0 saturated carbocycles. The van der Waals surface area contributed by atoms with Crippen LogP contribution in [-0.2, 0) is 9.53 Å². The number of rotatable bonds is 8. The number of nitrogens with one attached hydrogen (secondary N) is 1. The minimum Gasteiger partial charge on any atom is -0.497 e. The maximum Gasteiger partial charge on any atom is 0.338 e. The van der Waals surface area contributed by atoms with Gasteiger partial charge in [-0.25, -0.2) is 4.79 Å². The lowest BCUT2D eigenvalue weighted by molar-refractivity contribution is -0.125. The lowest BCUT2D eigenvalue weighted by Crippen LogP contribution is -2.32. The molecule has 2 rings (SSSR count). The van der Waals surface area contributed by atoms with E-state index in [2.05, 4.69) is 12.2 Å². The molecule has 0 radical (unpaired) electrons. The number of hydrogen-bond donors (Lipinski definition) is 1. The molecule has 0 aliphatic heterocycles. The molecule has 0 saturated heterocycles. The van der Waals surface area contributed by atoms with E-state index in [4.69, 9.17) is 9.47 Å². The summed E-state index contributed by atoms with van der Waals surface area (Å²) in [5.41, 5.74) is 1.42. The summed E-state index contributed by atoms with van der Waals surface area (Å²) in [6.45, 7) is 1.75. The summed E-state index contributed by atoms with van der Waals surface area (Å²) in [7, 11) is 1.55. The highest BCUT2D eigenvalue weighted by Crippen LogP contribution is 2.18. The number of carbonyl (C=O) groups excluding carboxylic acids is 2. The quantitative estimate of drug-likeness (QED) is 0.746. The summed E-state index contributed by atoms with van der Waals surface area (Å²) in [6, 6.07) is 16.2. The number of hydrogen-bond acceptors (Lipinski definition) is 4. The van der Waals surface area contributed by atoms with Crippen molar-refractivity contribution in [2.75, 3.05) is 13.7 Å². The van der Waals surface area contributed by atoms with Gasteiger partial charge in [0.15, 0.2) is 6.61 Å². The predicted molar refractivity (Wildman–Crippen MR) is 95.5 cm³/mol. The third-order valence-electron chi connectivity index (χ3n) is 3.77. The molecular weight excluding hydrogens is 318 g/mol. The van der Waals surface area contributed by atoms with Crippen molar-refractivity contribution >= 4 is 11.9 Å². The second kappa shape index (κ2) is 9.47. The molecule has 0 fully saturated rings. The third kappa shape index (κ3) is 5.64. The van der Waals surface area contributed by atoms with Gasteiger partial charge in [0.2, 0.25) is 0 Å². The number of carbonyl (C=O) groups is 2. The molecule has 0 spiro atoms. The van der Waals surface area contributed by atoms with Crippen LogP contribution >= 0.6 is 0 Å². The van der Waals surface area contributed by atoms with E-state index in [1.807, 2.05) is 30.3 Å². The van der Waals surface area contributed by atoms with E-state index >= 15 is 0 Å². The van der Waals surface area contributed by atoms with E-state index in [0.29, 0.717) is 11.3 Å². The average molecular weight is 341 g/mol. The molecule has 0 heterocycles. The Morgan fingerprint density at radius 2 is 1.72 bits per heavy atom. The fourth-order valence-electron chi connectivity index (χ4n) is 2.47. The zero-order valence-electron chi connectivity index (χ0n) is 14.5. The standard InChI is InChI=1S/C20H23NO4/c1-3-7-18(15-8-5-4-6-9-15)21-19(22)14-25-20(23)16-10-12-17(24-2)13-11-16/h4-6,8-13,18H,3,7,14H2,1-2H3,(H,21,22)/t18-/m0/s1. The second-order valence-corrected chi connectivity index (χ2v) is 5.62. The Bertz CT molecular complexity index is 683. The fraction of sp³-hybridized carbons (Fsp3) is 0.300. The minimum absolute atomic E-state index is 0.0848. The van der Waals surface area contributed by atoms with E-state index in [-0.39, 0.29) is 18.6 Å². The predicted octanol–water partition coefficient (Wildman–Crippen LogP) is 3.51. The molecule has 5 heteroatoms. The molecule has 0 aliphatic rings. The van der Waals surface area contributed by atoms with Crippen LogP contribution in [0.2, 0.25) is 0 Å². The number of benzene rings is 2. The monoisotopic (exact) mass is 341 g/mol. The van der Waals surface area contributed by atoms with Crippen LogP contribution in [0.1, 0.15) is 41.7 Å². The SMILES string of the molecule is CCC[C@H](NC(=O)COC(=O)c1ccc(OC)cc1)c1ccccc1. The molecule has 0 aliphatic carbocycles. The van der Waals surface area contributed by atoms with Crippen molar-refractivity contribution in [3.05, 3.63) is 65.7 Å². The zero-order chi connectivity index (χ0) is 18.1. The molecule has 25 heavy (non-hydrogen) atoms. The number of esters is 1. The topological polar surface area (TPSA) is 64.6 Å². The first kappa shape index (κ1) is 18.5. The number of ether oxygens (including phenoxy) is 2. The van der Waals surface area contributed by atoms with Gasteiger partial charge in [-0.15, -0.1) is 0 Å². The van der Waals surface area contributed by atoms with Crippen LogP contribution in [0.25, 0.3) is 0 Å². The zero-order valence-corrected chi connectivity index (χ0v) is 14.5. The third-order valence-corrected chi connectivity index (χ3v) is 3.77. The summed E-state index contributed by atoms with van der Waals surface area (Å²) < 4.78 is 10.1. The van der Waals surface area contributed by atoms with Crippen LogP contribution in [0.5, 0.6) is 5.75 Å². The number of methoxy groups -OCH3 is 1. The molecule has 2 aromatic carbocycles. The fourth-order valence-corrected chi connectivity index (χ4v) is 2.47. The van der Waals surface area contributed by atoms with Crippen LogP contribution in [0.15, 0.2) is 54.6 Å². The van der Waals surface area contributed by atoms with Gasteiger partial charge < -0.3 is 14.8 Å². The first-order valence-electron chi connectivity index (χ1n) is 8.29. The van der Waals surface area contributed by atoms with E-state index in [0.717, 1.165) is 18.4 Å². The van der Waals surface area contributed by atoms with Crippen molar-refractivity contribution in [2.45, 2.75) is 25.8 Å². The van der Waals surface area contributed by atoms with Crippen molar-refractivity contribution in [1.82, 2.24) is 5.32 Å². The lowest BCUT2D eigenvalue weighted by Gasteiger charge is -2.18. The van der Waals surface area contributed by atoms with E-state index in [1.54, 1.807) is 31.4 Å². The molecule has 5 nitrogen and oxygen atoms in total. The summed E-state index contributed by atoms with van der Waals surface area (Å²) >= 11 is 0. The van der Waals surface area contributed by atoms with Crippen LogP contribution in [0.3, 0.4) is 0 Å². The van der Waals surface area contributed by atoms with Gasteiger partial charge in [-0.2, -0.15) is 0 Å². The summed E-state index contributed by atoms with van der Waals surface area (Å²) in [5, 5.41) is 2.92. The van der Waals surface area contributed by atoms with Gasteiger partial charge in [0.25, 0.3) is 5.91 Å². The van der Waals surface area contributed by atoms with Crippen LogP contribution in [-0.4, -0.2) is 25.6 Å². The molecule has 1 N–H and O–H groups in total. The molecule has 0 unspecified atom stereocenters. The summed E-state index contributed by atoms with van der Waals surface area (Å²) in [6.07, 6.45) is 1.76. The lowest BCUT2D eigenvalue weighted by atomic mass is 10.0. The highest BCUT2D eigenvalue weighted by molar-refractivity contribution is 5.91. The number of amides is 1. The first-order valence-corrected chi connectivity index (χ1v) is 8.29. The molecule has 0 bridgehead atoms. The van der Waals surface area contributed by atoms with Gasteiger partial charge in [-0.05, 0) is 36.2 Å². The van der Waals surface area contributed by atoms with E-state index in [9.17, 15) is 9.59 Å². The Labute approximate surface area is 148 Å². The highest BCUT2D eigenvalue weighted by atomic mass is 16.5. The van der Waals surface area contributed by atoms with Gasteiger partial charge in [-0.1, -0.05) is 43.7 Å².